The van der Waals surface area contributed by atoms with Gasteiger partial charge in [0.25, 0.3) is 0 Å². The van der Waals surface area contributed by atoms with Crippen LogP contribution in [0, 0.1) is 0 Å². The summed E-state index contributed by atoms with van der Waals surface area (Å²) in [6, 6.07) is 0.159. The van der Waals surface area contributed by atoms with Crippen molar-refractivity contribution in [2.45, 2.75) is 38.8 Å². The first-order valence-corrected chi connectivity index (χ1v) is 5.04. The number of rotatable bonds is 6. The van der Waals surface area contributed by atoms with E-state index in [2.05, 4.69) is 5.32 Å². The molecule has 2 atom stereocenters. The van der Waals surface area contributed by atoms with Gasteiger partial charge >= 0.3 is 0 Å². The van der Waals surface area contributed by atoms with Gasteiger partial charge in [0.1, 0.15) is 0 Å². The number of nitrogens with zero attached hydrogens (tertiary/aromatic N) is 1. The Morgan fingerprint density at radius 3 is 2.43 bits per heavy atom. The number of likely N-dealkylation sites (N-methyl/N-ethyl adjacent to an activating group) is 1. The highest BCUT2D eigenvalue weighted by atomic mass is 16.3. The number of aliphatic hydroxyl groups is 1. The molecule has 0 aromatic heterocycles. The molecule has 0 aromatic carbocycles. The lowest BCUT2D eigenvalue weighted by Gasteiger charge is -2.18. The fourth-order valence-electron chi connectivity index (χ4n) is 1.28. The van der Waals surface area contributed by atoms with Crippen LogP contribution in [0.5, 0.6) is 0 Å². The number of hydrogen-bond acceptors (Lipinski definition) is 3. The molecule has 0 aliphatic heterocycles. The molecule has 0 heterocycles. The largest absolute Gasteiger partial charge is 0.393 e. The van der Waals surface area contributed by atoms with E-state index in [1.807, 2.05) is 25.9 Å². The van der Waals surface area contributed by atoms with E-state index in [4.69, 9.17) is 5.11 Å². The van der Waals surface area contributed by atoms with Crippen molar-refractivity contribution in [3.05, 3.63) is 0 Å². The molecule has 1 amide bonds. The molecular weight excluding hydrogens is 180 g/mol. The topological polar surface area (TPSA) is 52.6 Å². The van der Waals surface area contributed by atoms with Crippen LogP contribution in [0.2, 0.25) is 0 Å². The number of carbonyl (C=O) groups excluding carboxylic acids is 1. The van der Waals surface area contributed by atoms with Gasteiger partial charge in [0.05, 0.1) is 6.10 Å². The molecule has 0 aliphatic carbocycles. The fourth-order valence-corrected chi connectivity index (χ4v) is 1.28. The highest BCUT2D eigenvalue weighted by molar-refractivity contribution is 5.76. The smallest absolute Gasteiger partial charge is 0.220 e. The molecule has 4 heteroatoms. The van der Waals surface area contributed by atoms with Gasteiger partial charge in [-0.05, 0) is 34.4 Å². The number of aliphatic hydroxyl groups excluding tert-OH is 1. The van der Waals surface area contributed by atoms with Crippen molar-refractivity contribution in [3.8, 4) is 0 Å². The average molecular weight is 202 g/mol. The summed E-state index contributed by atoms with van der Waals surface area (Å²) >= 11 is 0. The van der Waals surface area contributed by atoms with Crippen LogP contribution >= 0.6 is 0 Å². The van der Waals surface area contributed by atoms with E-state index in [9.17, 15) is 4.79 Å². The van der Waals surface area contributed by atoms with Gasteiger partial charge in [-0.25, -0.2) is 0 Å². The second-order valence-corrected chi connectivity index (χ2v) is 4.12. The van der Waals surface area contributed by atoms with Crippen molar-refractivity contribution in [3.63, 3.8) is 0 Å². The van der Waals surface area contributed by atoms with E-state index < -0.39 is 6.10 Å². The van der Waals surface area contributed by atoms with Crippen molar-refractivity contribution < 1.29 is 9.90 Å². The van der Waals surface area contributed by atoms with Gasteiger partial charge < -0.3 is 15.3 Å². The number of nitrogens with one attached hydrogen (secondary N) is 1. The van der Waals surface area contributed by atoms with Crippen LogP contribution in [0.25, 0.3) is 0 Å². The van der Waals surface area contributed by atoms with E-state index in [1.54, 1.807) is 6.92 Å². The minimum atomic E-state index is -0.398. The molecule has 0 spiro atoms. The Hall–Kier alpha value is -0.610. The summed E-state index contributed by atoms with van der Waals surface area (Å²) in [5, 5.41) is 11.9. The summed E-state index contributed by atoms with van der Waals surface area (Å²) in [5.74, 6) is 0.0141. The van der Waals surface area contributed by atoms with Gasteiger partial charge in [0.15, 0.2) is 0 Å². The lowest BCUT2D eigenvalue weighted by molar-refractivity contribution is -0.122. The van der Waals surface area contributed by atoms with Crippen LogP contribution < -0.4 is 5.32 Å². The molecule has 4 nitrogen and oxygen atoms in total. The summed E-state index contributed by atoms with van der Waals surface area (Å²) in [4.78, 5) is 13.3. The Balaban J connectivity index is 3.60. The molecule has 0 rings (SSSR count). The molecule has 0 saturated carbocycles. The Labute approximate surface area is 86.3 Å². The standard InChI is InChI=1S/C10H22N2O2/c1-8(7-12(3)4)11-10(14)6-5-9(2)13/h8-9,13H,5-7H2,1-4H3,(H,11,14). The minimum absolute atomic E-state index is 0.0141. The van der Waals surface area contributed by atoms with E-state index in [0.717, 1.165) is 6.54 Å². The molecule has 0 radical (unpaired) electrons. The fraction of sp³-hybridized carbons (Fsp3) is 0.900. The van der Waals surface area contributed by atoms with Crippen molar-refractivity contribution in [2.24, 2.45) is 0 Å². The van der Waals surface area contributed by atoms with Crippen LogP contribution in [0.3, 0.4) is 0 Å². The molecule has 0 aromatic rings. The van der Waals surface area contributed by atoms with E-state index in [0.29, 0.717) is 12.8 Å². The van der Waals surface area contributed by atoms with Crippen molar-refractivity contribution in [1.29, 1.82) is 0 Å². The summed E-state index contributed by atoms with van der Waals surface area (Å²) in [5.41, 5.74) is 0. The lowest BCUT2D eigenvalue weighted by Crippen LogP contribution is -2.39. The summed E-state index contributed by atoms with van der Waals surface area (Å²) in [7, 11) is 3.94. The predicted molar refractivity (Wildman–Crippen MR) is 57.1 cm³/mol. The van der Waals surface area contributed by atoms with Crippen molar-refractivity contribution >= 4 is 5.91 Å². The third-order valence-electron chi connectivity index (χ3n) is 1.84. The lowest BCUT2D eigenvalue weighted by atomic mass is 10.2. The van der Waals surface area contributed by atoms with Crippen molar-refractivity contribution in [2.75, 3.05) is 20.6 Å². The van der Waals surface area contributed by atoms with Gasteiger partial charge in [-0.15, -0.1) is 0 Å². The number of amides is 1. The second kappa shape index (κ2) is 6.79. The first-order valence-electron chi connectivity index (χ1n) is 5.04. The Morgan fingerprint density at radius 2 is 2.00 bits per heavy atom. The first-order chi connectivity index (χ1) is 6.41. The normalized spacial score (nSPS) is 15.3. The molecule has 2 N–H and O–H groups in total. The first kappa shape index (κ1) is 13.4. The molecule has 0 fully saturated rings. The van der Waals surface area contributed by atoms with Gasteiger partial charge in [-0.1, -0.05) is 0 Å². The van der Waals surface area contributed by atoms with Gasteiger partial charge in [0.2, 0.25) is 5.91 Å². The average Bonchev–Trinajstić information content (AvgIpc) is 1.98. The molecule has 0 bridgehead atoms. The van der Waals surface area contributed by atoms with Gasteiger partial charge in [0, 0.05) is 19.0 Å². The second-order valence-electron chi connectivity index (χ2n) is 4.12. The van der Waals surface area contributed by atoms with E-state index in [1.165, 1.54) is 0 Å². The molecule has 14 heavy (non-hydrogen) atoms. The molecule has 2 unspecified atom stereocenters. The Kier molecular flexibility index (Phi) is 6.49. The molecule has 84 valence electrons. The van der Waals surface area contributed by atoms with Crippen LogP contribution in [0.4, 0.5) is 0 Å². The molecule has 0 aliphatic rings. The van der Waals surface area contributed by atoms with Crippen LogP contribution in [-0.2, 0) is 4.79 Å². The van der Waals surface area contributed by atoms with Crippen LogP contribution in [0.1, 0.15) is 26.7 Å². The number of carbonyl (C=O) groups is 1. The number of hydrogen-bond donors (Lipinski definition) is 2. The quantitative estimate of drug-likeness (QED) is 0.647. The maximum absolute atomic E-state index is 11.3. The zero-order valence-corrected chi connectivity index (χ0v) is 9.58. The maximum atomic E-state index is 11.3. The van der Waals surface area contributed by atoms with Gasteiger partial charge in [-0.3, -0.25) is 4.79 Å². The third-order valence-corrected chi connectivity index (χ3v) is 1.84. The molecular formula is C10H22N2O2. The Bertz CT molecular complexity index is 170. The van der Waals surface area contributed by atoms with E-state index >= 15 is 0 Å². The summed E-state index contributed by atoms with van der Waals surface area (Å²) in [6.45, 7) is 4.50. The molecule has 0 saturated heterocycles. The zero-order chi connectivity index (χ0) is 11.1. The van der Waals surface area contributed by atoms with Crippen LogP contribution in [0.15, 0.2) is 0 Å². The zero-order valence-electron chi connectivity index (χ0n) is 9.58. The monoisotopic (exact) mass is 202 g/mol. The summed E-state index contributed by atoms with van der Waals surface area (Å²) < 4.78 is 0. The van der Waals surface area contributed by atoms with Gasteiger partial charge in [-0.2, -0.15) is 0 Å². The van der Waals surface area contributed by atoms with Crippen molar-refractivity contribution in [1.82, 2.24) is 10.2 Å². The third kappa shape index (κ3) is 8.01. The summed E-state index contributed by atoms with van der Waals surface area (Å²) in [6.07, 6.45) is 0.528. The predicted octanol–water partition coefficient (Wildman–Crippen LogP) is 0.214. The SMILES string of the molecule is CC(O)CCC(=O)NC(C)CN(C)C. The Morgan fingerprint density at radius 1 is 1.43 bits per heavy atom. The minimum Gasteiger partial charge on any atom is -0.393 e. The maximum Gasteiger partial charge on any atom is 0.220 e. The van der Waals surface area contributed by atoms with Crippen LogP contribution in [-0.4, -0.2) is 48.7 Å². The van der Waals surface area contributed by atoms with E-state index in [-0.39, 0.29) is 11.9 Å². The highest BCUT2D eigenvalue weighted by Gasteiger charge is 2.08. The highest BCUT2D eigenvalue weighted by Crippen LogP contribution is 1.96.